The van der Waals surface area contributed by atoms with Gasteiger partial charge < -0.3 is 9.30 Å². The first-order chi connectivity index (χ1) is 12.5. The average Bonchev–Trinajstić information content (AvgIpc) is 2.95. The van der Waals surface area contributed by atoms with Crippen molar-refractivity contribution in [2.24, 2.45) is 4.99 Å². The minimum Gasteiger partial charge on any atom is -0.383 e. The Bertz CT molecular complexity index is 1060. The summed E-state index contributed by atoms with van der Waals surface area (Å²) in [5.41, 5.74) is 0.899. The minimum absolute atomic E-state index is 0.151. The molecule has 2 aromatic carbocycles. The number of methoxy groups -OCH3 is 1. The number of hydrogen-bond donors (Lipinski definition) is 0. The molecule has 1 amide bonds. The summed E-state index contributed by atoms with van der Waals surface area (Å²) in [6.45, 7) is 0.964. The lowest BCUT2D eigenvalue weighted by Crippen LogP contribution is -2.19. The van der Waals surface area contributed by atoms with Crippen molar-refractivity contribution in [2.75, 3.05) is 13.7 Å². The second-order valence-electron chi connectivity index (χ2n) is 5.37. The van der Waals surface area contributed by atoms with Gasteiger partial charge in [0.1, 0.15) is 0 Å². The van der Waals surface area contributed by atoms with Gasteiger partial charge in [0.15, 0.2) is 4.80 Å². The van der Waals surface area contributed by atoms with Gasteiger partial charge in [0.05, 0.1) is 21.7 Å². The number of hydrogen-bond acceptors (Lipinski definition) is 5. The van der Waals surface area contributed by atoms with Gasteiger partial charge in [-0.05, 0) is 24.3 Å². The Hall–Kier alpha value is -2.55. The number of ether oxygens (including phenoxy) is 1. The van der Waals surface area contributed by atoms with Crippen LogP contribution in [0.15, 0.2) is 47.5 Å². The smallest absolute Gasteiger partial charge is 0.279 e. The zero-order valence-electron chi connectivity index (χ0n) is 13.7. The highest BCUT2D eigenvalue weighted by atomic mass is 35.5. The quantitative estimate of drug-likeness (QED) is 0.490. The van der Waals surface area contributed by atoms with Crippen LogP contribution >= 0.6 is 22.9 Å². The van der Waals surface area contributed by atoms with E-state index in [4.69, 9.17) is 16.3 Å². The first-order valence-electron chi connectivity index (χ1n) is 7.61. The Balaban J connectivity index is 2.09. The number of aromatic nitrogens is 1. The normalized spacial score (nSPS) is 11.8. The van der Waals surface area contributed by atoms with Crippen LogP contribution < -0.4 is 4.80 Å². The van der Waals surface area contributed by atoms with Gasteiger partial charge in [-0.3, -0.25) is 14.9 Å². The van der Waals surface area contributed by atoms with Crippen LogP contribution in [0.25, 0.3) is 10.2 Å². The van der Waals surface area contributed by atoms with Crippen LogP contribution in [-0.2, 0) is 11.3 Å². The maximum Gasteiger partial charge on any atom is 0.279 e. The molecule has 3 rings (SSSR count). The Labute approximate surface area is 157 Å². The van der Waals surface area contributed by atoms with Crippen molar-refractivity contribution in [1.29, 1.82) is 0 Å². The molecule has 26 heavy (non-hydrogen) atoms. The van der Waals surface area contributed by atoms with Gasteiger partial charge in [-0.1, -0.05) is 29.0 Å². The van der Waals surface area contributed by atoms with Crippen LogP contribution in [0.4, 0.5) is 5.69 Å². The fourth-order valence-corrected chi connectivity index (χ4v) is 3.77. The first kappa shape index (κ1) is 18.2. The van der Waals surface area contributed by atoms with Crippen molar-refractivity contribution < 1.29 is 14.5 Å². The molecular weight excluding hydrogens is 378 g/mol. The van der Waals surface area contributed by atoms with Crippen LogP contribution in [0.2, 0.25) is 5.02 Å². The number of amides is 1. The molecule has 0 atom stereocenters. The van der Waals surface area contributed by atoms with E-state index in [1.54, 1.807) is 13.2 Å². The molecule has 1 aromatic heterocycles. The molecule has 0 bridgehead atoms. The Morgan fingerprint density at radius 2 is 2.15 bits per heavy atom. The van der Waals surface area contributed by atoms with Crippen LogP contribution in [0.3, 0.4) is 0 Å². The van der Waals surface area contributed by atoms with Gasteiger partial charge in [0, 0.05) is 36.4 Å². The van der Waals surface area contributed by atoms with Crippen molar-refractivity contribution in [3.63, 3.8) is 0 Å². The molecule has 0 unspecified atom stereocenters. The van der Waals surface area contributed by atoms with Crippen molar-refractivity contribution >= 4 is 44.7 Å². The summed E-state index contributed by atoms with van der Waals surface area (Å²) < 4.78 is 7.89. The maximum absolute atomic E-state index is 12.5. The summed E-state index contributed by atoms with van der Waals surface area (Å²) in [6, 6.07) is 11.0. The van der Waals surface area contributed by atoms with Gasteiger partial charge in [-0.25, -0.2) is 0 Å². The molecule has 0 radical (unpaired) electrons. The molecule has 0 spiro atoms. The largest absolute Gasteiger partial charge is 0.383 e. The second kappa shape index (κ2) is 7.77. The number of carbonyl (C=O) groups is 1. The van der Waals surface area contributed by atoms with Crippen LogP contribution in [0.5, 0.6) is 0 Å². The molecule has 3 aromatic rings. The number of carbonyl (C=O) groups excluding carboxylic acids is 1. The standard InChI is InChI=1S/C17H14ClN3O4S/c1-25-8-7-20-14-6-5-12(18)10-15(14)26-17(20)19-16(22)11-3-2-4-13(9-11)21(23)24/h2-6,9-10H,7-8H2,1H3. The van der Waals surface area contributed by atoms with Gasteiger partial charge >= 0.3 is 0 Å². The zero-order chi connectivity index (χ0) is 18.7. The third-order valence-electron chi connectivity index (χ3n) is 3.66. The minimum atomic E-state index is -0.545. The van der Waals surface area contributed by atoms with E-state index >= 15 is 0 Å². The number of halogens is 1. The number of nitro benzene ring substituents is 1. The molecular formula is C17H14ClN3O4S. The summed E-state index contributed by atoms with van der Waals surface area (Å²) in [6.07, 6.45) is 0. The highest BCUT2D eigenvalue weighted by Gasteiger charge is 2.13. The summed E-state index contributed by atoms with van der Waals surface area (Å²) >= 11 is 7.37. The predicted octanol–water partition coefficient (Wildman–Crippen LogP) is 3.65. The average molecular weight is 392 g/mol. The highest BCUT2D eigenvalue weighted by Crippen LogP contribution is 2.22. The van der Waals surface area contributed by atoms with E-state index < -0.39 is 10.8 Å². The number of thiazole rings is 1. The molecule has 134 valence electrons. The van der Waals surface area contributed by atoms with Gasteiger partial charge in [-0.15, -0.1) is 0 Å². The highest BCUT2D eigenvalue weighted by molar-refractivity contribution is 7.16. The summed E-state index contributed by atoms with van der Waals surface area (Å²) in [7, 11) is 1.59. The van der Waals surface area contributed by atoms with Gasteiger partial charge in [0.2, 0.25) is 0 Å². The van der Waals surface area contributed by atoms with E-state index in [1.807, 2.05) is 16.7 Å². The van der Waals surface area contributed by atoms with Gasteiger partial charge in [-0.2, -0.15) is 4.99 Å². The fourth-order valence-electron chi connectivity index (χ4n) is 2.43. The van der Waals surface area contributed by atoms with E-state index in [1.165, 1.54) is 35.6 Å². The second-order valence-corrected chi connectivity index (χ2v) is 6.81. The number of benzene rings is 2. The SMILES string of the molecule is COCCn1c(=NC(=O)c2cccc([N+](=O)[O-])c2)sc2cc(Cl)ccc21. The molecule has 7 nitrogen and oxygen atoms in total. The zero-order valence-corrected chi connectivity index (χ0v) is 15.3. The number of nitrogens with zero attached hydrogens (tertiary/aromatic N) is 3. The van der Waals surface area contributed by atoms with Crippen LogP contribution in [-0.4, -0.2) is 29.1 Å². The van der Waals surface area contributed by atoms with E-state index in [2.05, 4.69) is 4.99 Å². The summed E-state index contributed by atoms with van der Waals surface area (Å²) in [5, 5.41) is 11.5. The molecule has 0 aliphatic rings. The number of fused-ring (bicyclic) bond motifs is 1. The third kappa shape index (κ3) is 3.82. The molecule has 0 saturated heterocycles. The lowest BCUT2D eigenvalue weighted by molar-refractivity contribution is -0.384. The van der Waals surface area contributed by atoms with Crippen molar-refractivity contribution in [3.05, 3.63) is 68.0 Å². The molecule has 9 heteroatoms. The van der Waals surface area contributed by atoms with E-state index in [0.717, 1.165) is 10.2 Å². The predicted molar refractivity (Wildman–Crippen MR) is 99.7 cm³/mol. The molecule has 0 saturated carbocycles. The molecule has 0 fully saturated rings. The maximum atomic E-state index is 12.5. The number of rotatable bonds is 5. The molecule has 0 aliphatic heterocycles. The van der Waals surface area contributed by atoms with E-state index in [9.17, 15) is 14.9 Å². The van der Waals surface area contributed by atoms with Crippen molar-refractivity contribution in [2.45, 2.75) is 6.54 Å². The van der Waals surface area contributed by atoms with Crippen molar-refractivity contribution in [3.8, 4) is 0 Å². The van der Waals surface area contributed by atoms with Crippen molar-refractivity contribution in [1.82, 2.24) is 4.57 Å². The number of nitro groups is 1. The topological polar surface area (TPSA) is 86.7 Å². The lowest BCUT2D eigenvalue weighted by Gasteiger charge is -2.04. The van der Waals surface area contributed by atoms with Crippen LogP contribution in [0, 0.1) is 10.1 Å². The Morgan fingerprint density at radius 3 is 2.88 bits per heavy atom. The monoisotopic (exact) mass is 391 g/mol. The molecule has 1 heterocycles. The fraction of sp³-hybridized carbons (Fsp3) is 0.176. The Morgan fingerprint density at radius 1 is 1.35 bits per heavy atom. The van der Waals surface area contributed by atoms with Crippen LogP contribution in [0.1, 0.15) is 10.4 Å². The first-order valence-corrected chi connectivity index (χ1v) is 8.80. The van der Waals surface area contributed by atoms with Gasteiger partial charge in [0.25, 0.3) is 11.6 Å². The lowest BCUT2D eigenvalue weighted by atomic mass is 10.2. The van der Waals surface area contributed by atoms with E-state index in [0.29, 0.717) is 23.0 Å². The Kier molecular flexibility index (Phi) is 5.46. The summed E-state index contributed by atoms with van der Waals surface area (Å²) in [4.78, 5) is 27.5. The third-order valence-corrected chi connectivity index (χ3v) is 4.94. The molecule has 0 N–H and O–H groups in total. The van der Waals surface area contributed by atoms with E-state index in [-0.39, 0.29) is 11.3 Å². The number of non-ortho nitro benzene ring substituents is 1. The molecule has 0 aliphatic carbocycles. The summed E-state index contributed by atoms with van der Waals surface area (Å²) in [5.74, 6) is -0.544.